The number of aromatic hydroxyl groups is 1. The van der Waals surface area contributed by atoms with Gasteiger partial charge in [-0.3, -0.25) is 0 Å². The molecular weight excluding hydrogens is 299 g/mol. The standard InChI is InChI=1S/C18H19FO4/c1-21-15-8-11-6-4-5-10-7-14(20)13(19)9-12(10)16(11)18(23-3)17(15)22-2/h7-9,20H,4-6H2,1-3H3. The van der Waals surface area contributed by atoms with Gasteiger partial charge in [0.2, 0.25) is 5.75 Å². The molecule has 5 heteroatoms. The minimum atomic E-state index is -0.645. The van der Waals surface area contributed by atoms with Crippen molar-refractivity contribution in [2.75, 3.05) is 21.3 Å². The number of aryl methyl sites for hydroxylation is 2. The summed E-state index contributed by atoms with van der Waals surface area (Å²) in [5, 5.41) is 9.67. The number of benzene rings is 2. The minimum Gasteiger partial charge on any atom is -0.505 e. The summed E-state index contributed by atoms with van der Waals surface area (Å²) in [6, 6.07) is 4.77. The number of hydrogen-bond donors (Lipinski definition) is 1. The third kappa shape index (κ3) is 2.46. The average molecular weight is 318 g/mol. The summed E-state index contributed by atoms with van der Waals surface area (Å²) in [6.07, 6.45) is 2.46. The average Bonchev–Trinajstić information content (AvgIpc) is 2.72. The van der Waals surface area contributed by atoms with Crippen molar-refractivity contribution in [2.45, 2.75) is 19.3 Å². The first kappa shape index (κ1) is 15.5. The molecule has 0 bridgehead atoms. The van der Waals surface area contributed by atoms with Crippen molar-refractivity contribution in [1.29, 1.82) is 0 Å². The Morgan fingerprint density at radius 1 is 0.913 bits per heavy atom. The fourth-order valence-corrected chi connectivity index (χ4v) is 3.21. The number of phenols is 1. The molecule has 0 atom stereocenters. The zero-order valence-electron chi connectivity index (χ0n) is 13.4. The lowest BCUT2D eigenvalue weighted by Crippen LogP contribution is -2.01. The topological polar surface area (TPSA) is 47.9 Å². The van der Waals surface area contributed by atoms with Crippen molar-refractivity contribution < 1.29 is 23.7 Å². The highest BCUT2D eigenvalue weighted by atomic mass is 19.1. The number of methoxy groups -OCH3 is 3. The molecule has 0 aromatic heterocycles. The zero-order valence-corrected chi connectivity index (χ0v) is 13.4. The van der Waals surface area contributed by atoms with E-state index in [4.69, 9.17) is 14.2 Å². The van der Waals surface area contributed by atoms with E-state index >= 15 is 0 Å². The number of phenolic OH excluding ortho intramolecular Hbond substituents is 1. The second-order valence-corrected chi connectivity index (χ2v) is 5.49. The Morgan fingerprint density at radius 3 is 2.26 bits per heavy atom. The van der Waals surface area contributed by atoms with E-state index in [1.54, 1.807) is 21.3 Å². The molecule has 2 aromatic rings. The van der Waals surface area contributed by atoms with Crippen LogP contribution in [-0.2, 0) is 12.8 Å². The van der Waals surface area contributed by atoms with E-state index in [9.17, 15) is 9.50 Å². The molecule has 0 unspecified atom stereocenters. The van der Waals surface area contributed by atoms with Gasteiger partial charge < -0.3 is 19.3 Å². The van der Waals surface area contributed by atoms with Crippen LogP contribution in [0.15, 0.2) is 18.2 Å². The summed E-state index contributed by atoms with van der Waals surface area (Å²) in [5.74, 6) is 0.621. The van der Waals surface area contributed by atoms with Gasteiger partial charge in [0.05, 0.1) is 21.3 Å². The highest BCUT2D eigenvalue weighted by Crippen LogP contribution is 2.49. The number of rotatable bonds is 3. The van der Waals surface area contributed by atoms with E-state index in [1.165, 1.54) is 12.1 Å². The van der Waals surface area contributed by atoms with E-state index in [0.29, 0.717) is 17.2 Å². The number of hydrogen-bond acceptors (Lipinski definition) is 4. The molecule has 0 saturated carbocycles. The lowest BCUT2D eigenvalue weighted by atomic mass is 9.94. The Bertz CT molecular complexity index is 755. The Hall–Kier alpha value is -2.43. The van der Waals surface area contributed by atoms with E-state index in [1.807, 2.05) is 6.07 Å². The van der Waals surface area contributed by atoms with Crippen LogP contribution in [0.4, 0.5) is 4.39 Å². The molecule has 0 fully saturated rings. The van der Waals surface area contributed by atoms with E-state index < -0.39 is 5.82 Å². The Morgan fingerprint density at radius 2 is 1.61 bits per heavy atom. The van der Waals surface area contributed by atoms with Gasteiger partial charge in [-0.2, -0.15) is 0 Å². The van der Waals surface area contributed by atoms with Crippen LogP contribution in [0.3, 0.4) is 0 Å². The van der Waals surface area contributed by atoms with Crippen molar-refractivity contribution in [3.8, 4) is 34.1 Å². The first-order valence-corrected chi connectivity index (χ1v) is 7.44. The normalized spacial score (nSPS) is 12.9. The summed E-state index contributed by atoms with van der Waals surface area (Å²) in [5.41, 5.74) is 3.44. The summed E-state index contributed by atoms with van der Waals surface area (Å²) < 4.78 is 30.4. The van der Waals surface area contributed by atoms with Gasteiger partial charge in [0.25, 0.3) is 0 Å². The lowest BCUT2D eigenvalue weighted by molar-refractivity contribution is 0.324. The van der Waals surface area contributed by atoms with Crippen molar-refractivity contribution in [3.05, 3.63) is 35.1 Å². The van der Waals surface area contributed by atoms with Gasteiger partial charge in [-0.25, -0.2) is 4.39 Å². The van der Waals surface area contributed by atoms with Crippen LogP contribution in [0.25, 0.3) is 11.1 Å². The van der Waals surface area contributed by atoms with Crippen LogP contribution in [0, 0.1) is 5.82 Å². The van der Waals surface area contributed by atoms with Gasteiger partial charge in [-0.1, -0.05) is 0 Å². The largest absolute Gasteiger partial charge is 0.505 e. The summed E-state index contributed by atoms with van der Waals surface area (Å²) in [6.45, 7) is 0. The molecule has 122 valence electrons. The van der Waals surface area contributed by atoms with Gasteiger partial charge in [-0.05, 0) is 54.2 Å². The van der Waals surface area contributed by atoms with Crippen LogP contribution >= 0.6 is 0 Å². The van der Waals surface area contributed by atoms with Crippen LogP contribution in [-0.4, -0.2) is 26.4 Å². The van der Waals surface area contributed by atoms with Crippen molar-refractivity contribution >= 4 is 0 Å². The van der Waals surface area contributed by atoms with Crippen LogP contribution in [0.2, 0.25) is 0 Å². The monoisotopic (exact) mass is 318 g/mol. The molecule has 0 heterocycles. The molecule has 4 nitrogen and oxygen atoms in total. The molecule has 0 saturated heterocycles. The first-order chi connectivity index (χ1) is 11.1. The maximum atomic E-state index is 14.0. The summed E-state index contributed by atoms with van der Waals surface area (Å²) in [7, 11) is 4.67. The zero-order chi connectivity index (χ0) is 16.6. The second kappa shape index (κ2) is 5.99. The maximum Gasteiger partial charge on any atom is 0.203 e. The molecular formula is C18H19FO4. The molecule has 3 rings (SSSR count). The van der Waals surface area contributed by atoms with E-state index in [-0.39, 0.29) is 5.75 Å². The fourth-order valence-electron chi connectivity index (χ4n) is 3.21. The number of halogens is 1. The fraction of sp³-hybridized carbons (Fsp3) is 0.333. The van der Waals surface area contributed by atoms with Gasteiger partial charge in [0.15, 0.2) is 23.1 Å². The van der Waals surface area contributed by atoms with E-state index in [0.717, 1.165) is 41.5 Å². The molecule has 0 aliphatic heterocycles. The quantitative estimate of drug-likeness (QED) is 0.937. The minimum absolute atomic E-state index is 0.327. The molecule has 0 amide bonds. The molecule has 0 spiro atoms. The number of ether oxygens (including phenoxy) is 3. The van der Waals surface area contributed by atoms with Gasteiger partial charge in [-0.15, -0.1) is 0 Å². The van der Waals surface area contributed by atoms with Crippen LogP contribution in [0.5, 0.6) is 23.0 Å². The second-order valence-electron chi connectivity index (χ2n) is 5.49. The third-order valence-electron chi connectivity index (χ3n) is 4.25. The van der Waals surface area contributed by atoms with Gasteiger partial charge >= 0.3 is 0 Å². The SMILES string of the molecule is COc1cc2c(c(OC)c1OC)-c1cc(F)c(O)cc1CCC2. The molecule has 0 radical (unpaired) electrons. The van der Waals surface area contributed by atoms with Gasteiger partial charge in [0.1, 0.15) is 0 Å². The third-order valence-corrected chi connectivity index (χ3v) is 4.25. The van der Waals surface area contributed by atoms with Crippen molar-refractivity contribution in [3.63, 3.8) is 0 Å². The predicted molar refractivity (Wildman–Crippen MR) is 85.2 cm³/mol. The van der Waals surface area contributed by atoms with E-state index in [2.05, 4.69) is 0 Å². The lowest BCUT2D eigenvalue weighted by Gasteiger charge is -2.19. The van der Waals surface area contributed by atoms with Crippen molar-refractivity contribution in [2.24, 2.45) is 0 Å². The molecule has 1 N–H and O–H groups in total. The molecule has 2 aromatic carbocycles. The predicted octanol–water partition coefficient (Wildman–Crippen LogP) is 3.71. The molecule has 23 heavy (non-hydrogen) atoms. The maximum absolute atomic E-state index is 14.0. The van der Waals surface area contributed by atoms with Gasteiger partial charge in [0, 0.05) is 5.56 Å². The summed E-state index contributed by atoms with van der Waals surface area (Å²) >= 11 is 0. The van der Waals surface area contributed by atoms with Crippen LogP contribution in [0.1, 0.15) is 17.5 Å². The van der Waals surface area contributed by atoms with Crippen LogP contribution < -0.4 is 14.2 Å². The Balaban J connectivity index is 2.37. The Kier molecular flexibility index (Phi) is 4.03. The number of fused-ring (bicyclic) bond motifs is 3. The first-order valence-electron chi connectivity index (χ1n) is 7.44. The molecule has 1 aliphatic rings. The Labute approximate surface area is 134 Å². The summed E-state index contributed by atoms with van der Waals surface area (Å²) in [4.78, 5) is 0. The van der Waals surface area contributed by atoms with Crippen molar-refractivity contribution in [1.82, 2.24) is 0 Å². The molecule has 1 aliphatic carbocycles. The highest BCUT2D eigenvalue weighted by molar-refractivity contribution is 5.82. The highest BCUT2D eigenvalue weighted by Gasteiger charge is 2.26. The smallest absolute Gasteiger partial charge is 0.203 e.